The quantitative estimate of drug-likeness (QED) is 0.647. The molecule has 3 aromatic rings. The van der Waals surface area contributed by atoms with Gasteiger partial charge in [0.2, 0.25) is 5.91 Å². The fraction of sp³-hybridized carbons (Fsp3) is 0.300. The van der Waals surface area contributed by atoms with Crippen LogP contribution in [0.5, 0.6) is 5.75 Å². The molecule has 3 rings (SSSR count). The number of benzene rings is 2. The molecule has 0 aliphatic rings. The van der Waals surface area contributed by atoms with Crippen LogP contribution in [0.2, 0.25) is 0 Å². The molecule has 1 atom stereocenters. The third-order valence-corrected chi connectivity index (χ3v) is 4.30. The summed E-state index contributed by atoms with van der Waals surface area (Å²) in [5.74, 6) is 0.624. The summed E-state index contributed by atoms with van der Waals surface area (Å²) < 4.78 is 20.6. The van der Waals surface area contributed by atoms with E-state index < -0.39 is 6.04 Å². The van der Waals surface area contributed by atoms with E-state index in [0.29, 0.717) is 24.5 Å². The molecule has 0 spiro atoms. The molecule has 0 bridgehead atoms. The van der Waals surface area contributed by atoms with Gasteiger partial charge in [0.15, 0.2) is 0 Å². The smallest absolute Gasteiger partial charge is 0.245 e. The SMILES string of the molecule is CCOc1ccccc1CNC(=O)C(Cc1cccc(F)c1)n1nnnc1C. The summed E-state index contributed by atoms with van der Waals surface area (Å²) in [6, 6.07) is 13.0. The molecule has 1 heterocycles. The summed E-state index contributed by atoms with van der Waals surface area (Å²) in [6.45, 7) is 4.47. The van der Waals surface area contributed by atoms with Crippen molar-refractivity contribution in [2.75, 3.05) is 6.61 Å². The lowest BCUT2D eigenvalue weighted by Gasteiger charge is -2.18. The van der Waals surface area contributed by atoms with Crippen molar-refractivity contribution in [2.24, 2.45) is 0 Å². The van der Waals surface area contributed by atoms with E-state index in [-0.39, 0.29) is 18.1 Å². The fourth-order valence-corrected chi connectivity index (χ4v) is 2.95. The molecule has 1 unspecified atom stereocenters. The van der Waals surface area contributed by atoms with Gasteiger partial charge in [0.25, 0.3) is 0 Å². The van der Waals surface area contributed by atoms with Gasteiger partial charge < -0.3 is 10.1 Å². The van der Waals surface area contributed by atoms with Crippen LogP contribution in [0, 0.1) is 12.7 Å². The summed E-state index contributed by atoms with van der Waals surface area (Å²) >= 11 is 0. The van der Waals surface area contributed by atoms with Gasteiger partial charge in [-0.2, -0.15) is 0 Å². The first-order valence-electron chi connectivity index (χ1n) is 9.05. The van der Waals surface area contributed by atoms with Crippen molar-refractivity contribution in [3.05, 3.63) is 71.3 Å². The minimum Gasteiger partial charge on any atom is -0.494 e. The molecule has 0 radical (unpaired) electrons. The van der Waals surface area contributed by atoms with Gasteiger partial charge in [0.1, 0.15) is 23.4 Å². The Morgan fingerprint density at radius 2 is 2.07 bits per heavy atom. The number of aromatic nitrogens is 4. The number of hydrogen-bond donors (Lipinski definition) is 1. The van der Waals surface area contributed by atoms with Gasteiger partial charge in [-0.05, 0) is 48.0 Å². The summed E-state index contributed by atoms with van der Waals surface area (Å²) in [6.07, 6.45) is 0.266. The van der Waals surface area contributed by atoms with E-state index in [0.717, 1.165) is 11.3 Å². The number of nitrogens with zero attached hydrogens (tertiary/aromatic N) is 4. The molecule has 0 aliphatic carbocycles. The Bertz CT molecular complexity index is 944. The fourth-order valence-electron chi connectivity index (χ4n) is 2.95. The van der Waals surface area contributed by atoms with Crippen molar-refractivity contribution in [1.29, 1.82) is 0 Å². The monoisotopic (exact) mass is 383 g/mol. The predicted octanol–water partition coefficient (Wildman–Crippen LogP) is 2.62. The lowest BCUT2D eigenvalue weighted by atomic mass is 10.0. The van der Waals surface area contributed by atoms with Crippen LogP contribution in [0.3, 0.4) is 0 Å². The van der Waals surface area contributed by atoms with Crippen molar-refractivity contribution in [1.82, 2.24) is 25.5 Å². The average Bonchev–Trinajstić information content (AvgIpc) is 3.11. The Labute approximate surface area is 162 Å². The van der Waals surface area contributed by atoms with Crippen LogP contribution in [-0.4, -0.2) is 32.7 Å². The number of para-hydroxylation sites is 1. The highest BCUT2D eigenvalue weighted by Crippen LogP contribution is 2.19. The first-order valence-corrected chi connectivity index (χ1v) is 9.05. The maximum absolute atomic E-state index is 13.6. The first kappa shape index (κ1) is 19.5. The number of rotatable bonds is 8. The molecule has 1 amide bonds. The van der Waals surface area contributed by atoms with Crippen LogP contribution < -0.4 is 10.1 Å². The minimum absolute atomic E-state index is 0.258. The zero-order chi connectivity index (χ0) is 19.9. The van der Waals surface area contributed by atoms with Gasteiger partial charge in [0.05, 0.1) is 6.61 Å². The van der Waals surface area contributed by atoms with E-state index in [1.54, 1.807) is 19.1 Å². The van der Waals surface area contributed by atoms with Crippen molar-refractivity contribution in [2.45, 2.75) is 32.9 Å². The van der Waals surface area contributed by atoms with Crippen molar-refractivity contribution in [3.8, 4) is 5.75 Å². The van der Waals surface area contributed by atoms with Gasteiger partial charge >= 0.3 is 0 Å². The van der Waals surface area contributed by atoms with Crippen LogP contribution in [-0.2, 0) is 17.8 Å². The maximum atomic E-state index is 13.6. The van der Waals surface area contributed by atoms with Crippen molar-refractivity contribution in [3.63, 3.8) is 0 Å². The molecule has 8 heteroatoms. The molecule has 2 aromatic carbocycles. The average molecular weight is 383 g/mol. The van der Waals surface area contributed by atoms with E-state index >= 15 is 0 Å². The van der Waals surface area contributed by atoms with Crippen LogP contribution in [0.25, 0.3) is 0 Å². The minimum atomic E-state index is -0.698. The van der Waals surface area contributed by atoms with E-state index in [2.05, 4.69) is 20.8 Å². The Hall–Kier alpha value is -3.29. The summed E-state index contributed by atoms with van der Waals surface area (Å²) in [7, 11) is 0. The van der Waals surface area contributed by atoms with Gasteiger partial charge in [-0.1, -0.05) is 30.3 Å². The number of halogens is 1. The van der Waals surface area contributed by atoms with Crippen LogP contribution in [0.4, 0.5) is 4.39 Å². The molecule has 0 saturated carbocycles. The normalized spacial score (nSPS) is 11.8. The van der Waals surface area contributed by atoms with E-state index in [9.17, 15) is 9.18 Å². The van der Waals surface area contributed by atoms with Gasteiger partial charge in [-0.15, -0.1) is 5.10 Å². The second kappa shape index (κ2) is 9.07. The van der Waals surface area contributed by atoms with E-state index in [4.69, 9.17) is 4.74 Å². The molecule has 7 nitrogen and oxygen atoms in total. The molecular formula is C20H22FN5O2. The zero-order valence-electron chi connectivity index (χ0n) is 15.8. The Balaban J connectivity index is 1.78. The largest absolute Gasteiger partial charge is 0.494 e. The molecule has 0 fully saturated rings. The van der Waals surface area contributed by atoms with E-state index in [1.165, 1.54) is 16.8 Å². The predicted molar refractivity (Wildman–Crippen MR) is 101 cm³/mol. The molecular weight excluding hydrogens is 361 g/mol. The number of hydrogen-bond acceptors (Lipinski definition) is 5. The topological polar surface area (TPSA) is 81.9 Å². The number of carbonyl (C=O) groups excluding carboxylic acids is 1. The van der Waals surface area contributed by atoms with Gasteiger partial charge in [-0.3, -0.25) is 4.79 Å². The van der Waals surface area contributed by atoms with Crippen LogP contribution >= 0.6 is 0 Å². The third kappa shape index (κ3) is 4.70. The summed E-state index contributed by atoms with van der Waals surface area (Å²) in [5.41, 5.74) is 1.56. The molecule has 0 aliphatic heterocycles. The highest BCUT2D eigenvalue weighted by atomic mass is 19.1. The van der Waals surface area contributed by atoms with Crippen LogP contribution in [0.1, 0.15) is 29.9 Å². The lowest BCUT2D eigenvalue weighted by Crippen LogP contribution is -2.34. The summed E-state index contributed by atoms with van der Waals surface area (Å²) in [5, 5.41) is 14.3. The Morgan fingerprint density at radius 1 is 1.25 bits per heavy atom. The highest BCUT2D eigenvalue weighted by Gasteiger charge is 2.24. The van der Waals surface area contributed by atoms with Crippen molar-refractivity contribution >= 4 is 5.91 Å². The Kier molecular flexibility index (Phi) is 6.31. The van der Waals surface area contributed by atoms with Crippen LogP contribution in [0.15, 0.2) is 48.5 Å². The molecule has 146 valence electrons. The van der Waals surface area contributed by atoms with Gasteiger partial charge in [0, 0.05) is 18.5 Å². The molecule has 28 heavy (non-hydrogen) atoms. The maximum Gasteiger partial charge on any atom is 0.245 e. The zero-order valence-corrected chi connectivity index (χ0v) is 15.8. The van der Waals surface area contributed by atoms with E-state index in [1.807, 2.05) is 31.2 Å². The number of tetrazole rings is 1. The number of amides is 1. The Morgan fingerprint density at radius 3 is 2.79 bits per heavy atom. The second-order valence-corrected chi connectivity index (χ2v) is 6.28. The number of ether oxygens (including phenoxy) is 1. The lowest BCUT2D eigenvalue weighted by molar-refractivity contribution is -0.124. The number of nitrogens with one attached hydrogen (secondary N) is 1. The van der Waals surface area contributed by atoms with Crippen molar-refractivity contribution < 1.29 is 13.9 Å². The number of aryl methyl sites for hydroxylation is 1. The van der Waals surface area contributed by atoms with Gasteiger partial charge in [-0.25, -0.2) is 9.07 Å². The molecule has 1 N–H and O–H groups in total. The number of carbonyl (C=O) groups is 1. The third-order valence-electron chi connectivity index (χ3n) is 4.30. The first-order chi connectivity index (χ1) is 13.6. The molecule has 0 saturated heterocycles. The summed E-state index contributed by atoms with van der Waals surface area (Å²) in [4.78, 5) is 13.0. The second-order valence-electron chi connectivity index (χ2n) is 6.28. The highest BCUT2D eigenvalue weighted by molar-refractivity contribution is 5.80. The molecule has 1 aromatic heterocycles. The standard InChI is InChI=1S/C20H22FN5O2/c1-3-28-19-10-5-4-8-16(19)13-22-20(27)18(26-14(2)23-24-25-26)12-15-7-6-9-17(21)11-15/h4-11,18H,3,12-13H2,1-2H3,(H,22,27).